The van der Waals surface area contributed by atoms with E-state index in [2.05, 4.69) is 9.89 Å². The first-order chi connectivity index (χ1) is 7.22. The van der Waals surface area contributed by atoms with Crippen LogP contribution in [0, 0.1) is 0 Å². The lowest BCUT2D eigenvalue weighted by molar-refractivity contribution is 0.549. The van der Waals surface area contributed by atoms with Crippen molar-refractivity contribution in [3.8, 4) is 0 Å². The molecule has 0 saturated carbocycles. The fourth-order valence-electron chi connectivity index (χ4n) is 1.93. The highest BCUT2D eigenvalue weighted by atomic mass is 35.5. The zero-order chi connectivity index (χ0) is 10.8. The molecular weight excluding hydrogens is 212 g/mol. The summed E-state index contributed by atoms with van der Waals surface area (Å²) >= 11 is 5.93. The van der Waals surface area contributed by atoms with Crippen LogP contribution in [0.5, 0.6) is 0 Å². The Bertz CT molecular complexity index is 427. The maximum Gasteiger partial charge on any atom is 0.235 e. The molecule has 1 atom stereocenters. The van der Waals surface area contributed by atoms with Gasteiger partial charge in [-0.3, -0.25) is 0 Å². The average molecular weight is 223 g/mol. The van der Waals surface area contributed by atoms with Crippen LogP contribution in [-0.2, 0) is 4.79 Å². The van der Waals surface area contributed by atoms with Crippen molar-refractivity contribution in [2.75, 3.05) is 18.5 Å². The van der Waals surface area contributed by atoms with Crippen LogP contribution < -0.4 is 4.90 Å². The summed E-state index contributed by atoms with van der Waals surface area (Å²) in [5, 5.41) is 0.676. The number of fused-ring (bicyclic) bond motifs is 1. The summed E-state index contributed by atoms with van der Waals surface area (Å²) in [7, 11) is 2.02. The Kier molecular flexibility index (Phi) is 2.76. The molecule has 0 spiro atoms. The maximum absolute atomic E-state index is 10.3. The van der Waals surface area contributed by atoms with Crippen LogP contribution in [0.15, 0.2) is 23.2 Å². The summed E-state index contributed by atoms with van der Waals surface area (Å²) in [4.78, 5) is 16.3. The topological polar surface area (TPSA) is 32.7 Å². The van der Waals surface area contributed by atoms with E-state index in [1.54, 1.807) is 6.08 Å². The normalized spacial score (nSPS) is 19.3. The van der Waals surface area contributed by atoms with Gasteiger partial charge in [0.25, 0.3) is 0 Å². The van der Waals surface area contributed by atoms with Crippen LogP contribution in [0.1, 0.15) is 18.0 Å². The molecule has 78 valence electrons. The van der Waals surface area contributed by atoms with Crippen LogP contribution in [0.4, 0.5) is 5.69 Å². The quantitative estimate of drug-likeness (QED) is 0.541. The molecule has 0 fully saturated rings. The number of rotatable bonds is 1. The molecule has 0 bridgehead atoms. The van der Waals surface area contributed by atoms with Crippen molar-refractivity contribution in [3.05, 3.63) is 28.8 Å². The van der Waals surface area contributed by atoms with Crippen LogP contribution in [-0.4, -0.2) is 19.7 Å². The smallest absolute Gasteiger partial charge is 0.235 e. The Morgan fingerprint density at radius 1 is 1.60 bits per heavy atom. The van der Waals surface area contributed by atoms with Crippen molar-refractivity contribution in [2.24, 2.45) is 4.99 Å². The van der Waals surface area contributed by atoms with Gasteiger partial charge in [-0.25, -0.2) is 4.79 Å². The minimum Gasteiger partial charge on any atom is -0.374 e. The van der Waals surface area contributed by atoms with Gasteiger partial charge in [0, 0.05) is 29.9 Å². The SMILES string of the molecule is CN1CCC(N=C=O)c2cc(Cl)ccc21. The fraction of sp³-hybridized carbons (Fsp3) is 0.364. The lowest BCUT2D eigenvalue weighted by atomic mass is 9.97. The largest absolute Gasteiger partial charge is 0.374 e. The third-order valence-corrected chi connectivity index (χ3v) is 2.94. The van der Waals surface area contributed by atoms with Crippen molar-refractivity contribution in [3.63, 3.8) is 0 Å². The van der Waals surface area contributed by atoms with Crippen molar-refractivity contribution in [2.45, 2.75) is 12.5 Å². The molecule has 0 N–H and O–H groups in total. The summed E-state index contributed by atoms with van der Waals surface area (Å²) < 4.78 is 0. The number of isocyanates is 1. The number of halogens is 1. The molecule has 0 aromatic heterocycles. The number of carbonyl (C=O) groups excluding carboxylic acids is 1. The summed E-state index contributed by atoms with van der Waals surface area (Å²) in [5.41, 5.74) is 2.11. The van der Waals surface area contributed by atoms with Crippen LogP contribution in [0.3, 0.4) is 0 Å². The molecule has 0 radical (unpaired) electrons. The Balaban J connectivity index is 2.50. The number of anilines is 1. The van der Waals surface area contributed by atoms with Gasteiger partial charge >= 0.3 is 0 Å². The van der Waals surface area contributed by atoms with E-state index >= 15 is 0 Å². The van der Waals surface area contributed by atoms with E-state index in [-0.39, 0.29) is 6.04 Å². The highest BCUT2D eigenvalue weighted by Crippen LogP contribution is 2.36. The third kappa shape index (κ3) is 1.89. The van der Waals surface area contributed by atoms with Gasteiger partial charge in [-0.1, -0.05) is 11.6 Å². The lowest BCUT2D eigenvalue weighted by Crippen LogP contribution is -2.26. The number of nitrogens with zero attached hydrogens (tertiary/aromatic N) is 2. The first kappa shape index (κ1) is 10.2. The molecule has 1 heterocycles. The third-order valence-electron chi connectivity index (χ3n) is 2.71. The Hall–Kier alpha value is -1.31. The molecule has 4 heteroatoms. The van der Waals surface area contributed by atoms with Crippen molar-refractivity contribution < 1.29 is 4.79 Å². The predicted molar refractivity (Wildman–Crippen MR) is 60.2 cm³/mol. The molecule has 3 nitrogen and oxygen atoms in total. The van der Waals surface area contributed by atoms with Gasteiger partial charge in [0.1, 0.15) is 0 Å². The van der Waals surface area contributed by atoms with Crippen LogP contribution >= 0.6 is 11.6 Å². The number of benzene rings is 1. The second kappa shape index (κ2) is 4.05. The van der Waals surface area contributed by atoms with Gasteiger partial charge in [-0.2, -0.15) is 4.99 Å². The standard InChI is InChI=1S/C11H11ClN2O/c1-14-5-4-10(13-7-15)9-6-8(12)2-3-11(9)14/h2-3,6,10H,4-5H2,1H3. The lowest BCUT2D eigenvalue weighted by Gasteiger charge is -2.30. The molecule has 1 aliphatic rings. The van der Waals surface area contributed by atoms with Crippen molar-refractivity contribution in [1.82, 2.24) is 0 Å². The van der Waals surface area contributed by atoms with Gasteiger partial charge in [0.2, 0.25) is 6.08 Å². The molecule has 0 amide bonds. The molecule has 1 aliphatic heterocycles. The average Bonchev–Trinajstić information content (AvgIpc) is 2.22. The molecule has 2 rings (SSSR count). The second-order valence-electron chi connectivity index (χ2n) is 3.65. The van der Waals surface area contributed by atoms with E-state index in [1.165, 1.54) is 0 Å². The van der Waals surface area contributed by atoms with Crippen molar-refractivity contribution >= 4 is 23.4 Å². The second-order valence-corrected chi connectivity index (χ2v) is 4.09. The van der Waals surface area contributed by atoms with Crippen LogP contribution in [0.25, 0.3) is 0 Å². The minimum absolute atomic E-state index is 0.0904. The highest BCUT2D eigenvalue weighted by molar-refractivity contribution is 6.30. The maximum atomic E-state index is 10.3. The number of aliphatic imine (C=N–C) groups is 1. The molecule has 15 heavy (non-hydrogen) atoms. The van der Waals surface area contributed by atoms with E-state index in [9.17, 15) is 4.79 Å². The summed E-state index contributed by atoms with van der Waals surface area (Å²) in [6.45, 7) is 0.893. The highest BCUT2D eigenvalue weighted by Gasteiger charge is 2.22. The molecule has 0 saturated heterocycles. The minimum atomic E-state index is -0.0904. The molecule has 0 aliphatic carbocycles. The van der Waals surface area contributed by atoms with Gasteiger partial charge in [-0.05, 0) is 24.6 Å². The summed E-state index contributed by atoms with van der Waals surface area (Å²) in [6.07, 6.45) is 2.46. The van der Waals surface area contributed by atoms with Gasteiger partial charge < -0.3 is 4.90 Å². The van der Waals surface area contributed by atoms with Gasteiger partial charge in [-0.15, -0.1) is 0 Å². The van der Waals surface area contributed by atoms with Gasteiger partial charge in [0.05, 0.1) is 6.04 Å². The molecular formula is C11H11ClN2O. The Morgan fingerprint density at radius 2 is 2.40 bits per heavy atom. The Morgan fingerprint density at radius 3 is 3.13 bits per heavy atom. The number of hydrogen-bond donors (Lipinski definition) is 0. The summed E-state index contributed by atoms with van der Waals surface area (Å²) in [5.74, 6) is 0. The Labute approximate surface area is 93.4 Å². The van der Waals surface area contributed by atoms with Crippen molar-refractivity contribution in [1.29, 1.82) is 0 Å². The first-order valence-corrected chi connectivity index (χ1v) is 5.17. The predicted octanol–water partition coefficient (Wildman–Crippen LogP) is 2.56. The zero-order valence-electron chi connectivity index (χ0n) is 8.40. The summed E-state index contributed by atoms with van der Waals surface area (Å²) in [6, 6.07) is 5.60. The first-order valence-electron chi connectivity index (χ1n) is 4.80. The van der Waals surface area contributed by atoms with E-state index in [0.29, 0.717) is 5.02 Å². The van der Waals surface area contributed by atoms with Crippen LogP contribution in [0.2, 0.25) is 5.02 Å². The van der Waals surface area contributed by atoms with E-state index in [1.807, 2.05) is 25.2 Å². The zero-order valence-corrected chi connectivity index (χ0v) is 9.16. The van der Waals surface area contributed by atoms with E-state index in [4.69, 9.17) is 11.6 Å². The molecule has 1 aromatic rings. The van der Waals surface area contributed by atoms with Gasteiger partial charge in [0.15, 0.2) is 0 Å². The van der Waals surface area contributed by atoms with E-state index < -0.39 is 0 Å². The van der Waals surface area contributed by atoms with E-state index in [0.717, 1.165) is 24.2 Å². The fourth-order valence-corrected chi connectivity index (χ4v) is 2.11. The molecule has 1 aromatic carbocycles. The molecule has 1 unspecified atom stereocenters. The number of hydrogen-bond acceptors (Lipinski definition) is 3. The monoisotopic (exact) mass is 222 g/mol.